The maximum Gasteiger partial charge on any atom is 0.261 e. The molecule has 1 spiro atoms. The van der Waals surface area contributed by atoms with Gasteiger partial charge in [-0.25, -0.2) is 4.99 Å². The number of hydrogen-bond donors (Lipinski definition) is 1. The summed E-state index contributed by atoms with van der Waals surface area (Å²) in [6, 6.07) is 13.4. The van der Waals surface area contributed by atoms with Crippen LogP contribution in [0.15, 0.2) is 47.5 Å². The van der Waals surface area contributed by atoms with E-state index in [1.165, 1.54) is 4.90 Å². The lowest BCUT2D eigenvalue weighted by Crippen LogP contribution is -2.42. The zero-order chi connectivity index (χ0) is 16.9. The maximum atomic E-state index is 12.8. The Morgan fingerprint density at radius 3 is 2.75 bits per heavy atom. The minimum absolute atomic E-state index is 0.118. The SMILES string of the molecule is CN1C(=O)C2(CCOc3ccc(-c4cccc(Cl)c4)cc32)N=C1N. The molecule has 0 fully saturated rings. The fourth-order valence-electron chi connectivity index (χ4n) is 3.31. The number of rotatable bonds is 1. The van der Waals surface area contributed by atoms with Crippen molar-refractivity contribution in [1.82, 2.24) is 4.90 Å². The summed E-state index contributed by atoms with van der Waals surface area (Å²) in [6.45, 7) is 0.430. The molecule has 2 aromatic rings. The average molecular weight is 342 g/mol. The summed E-state index contributed by atoms with van der Waals surface area (Å²) in [4.78, 5) is 18.7. The topological polar surface area (TPSA) is 67.9 Å². The highest BCUT2D eigenvalue weighted by Crippen LogP contribution is 2.45. The van der Waals surface area contributed by atoms with E-state index in [-0.39, 0.29) is 11.9 Å². The number of guanidine groups is 1. The third-order valence-corrected chi connectivity index (χ3v) is 4.85. The Bertz CT molecular complexity index is 880. The van der Waals surface area contributed by atoms with Crippen molar-refractivity contribution in [1.29, 1.82) is 0 Å². The summed E-state index contributed by atoms with van der Waals surface area (Å²) in [5.74, 6) is 0.793. The lowest BCUT2D eigenvalue weighted by Gasteiger charge is -2.32. The van der Waals surface area contributed by atoms with Gasteiger partial charge in [0.25, 0.3) is 5.91 Å². The molecule has 1 unspecified atom stereocenters. The first kappa shape index (κ1) is 15.0. The normalized spacial score (nSPS) is 22.3. The van der Waals surface area contributed by atoms with Crippen LogP contribution in [0.25, 0.3) is 11.1 Å². The van der Waals surface area contributed by atoms with Crippen molar-refractivity contribution in [3.63, 3.8) is 0 Å². The van der Waals surface area contributed by atoms with Crippen LogP contribution in [0.2, 0.25) is 5.02 Å². The first-order valence-electron chi connectivity index (χ1n) is 7.68. The number of nitrogens with zero attached hydrogens (tertiary/aromatic N) is 2. The van der Waals surface area contributed by atoms with Crippen LogP contribution in [0.4, 0.5) is 0 Å². The van der Waals surface area contributed by atoms with Crippen LogP contribution in [0.3, 0.4) is 0 Å². The van der Waals surface area contributed by atoms with Crippen LogP contribution in [0.5, 0.6) is 5.75 Å². The van der Waals surface area contributed by atoms with Gasteiger partial charge in [0.2, 0.25) is 0 Å². The molecule has 0 aromatic heterocycles. The third-order valence-electron chi connectivity index (χ3n) is 4.61. The van der Waals surface area contributed by atoms with Gasteiger partial charge in [-0.05, 0) is 35.4 Å². The second-order valence-electron chi connectivity index (χ2n) is 6.01. The molecule has 2 aromatic carbocycles. The van der Waals surface area contributed by atoms with Crippen molar-refractivity contribution in [3.05, 3.63) is 53.1 Å². The van der Waals surface area contributed by atoms with Crippen molar-refractivity contribution in [2.75, 3.05) is 13.7 Å². The molecule has 2 heterocycles. The lowest BCUT2D eigenvalue weighted by atomic mass is 9.83. The van der Waals surface area contributed by atoms with Gasteiger partial charge in [-0.15, -0.1) is 0 Å². The Labute approximate surface area is 144 Å². The zero-order valence-electron chi connectivity index (χ0n) is 13.1. The molecule has 2 N–H and O–H groups in total. The Morgan fingerprint density at radius 2 is 2.04 bits per heavy atom. The van der Waals surface area contributed by atoms with Crippen LogP contribution in [-0.2, 0) is 10.3 Å². The van der Waals surface area contributed by atoms with Crippen molar-refractivity contribution in [2.45, 2.75) is 12.0 Å². The van der Waals surface area contributed by atoms with E-state index in [9.17, 15) is 4.79 Å². The fourth-order valence-corrected chi connectivity index (χ4v) is 3.50. The van der Waals surface area contributed by atoms with E-state index in [0.717, 1.165) is 16.7 Å². The summed E-state index contributed by atoms with van der Waals surface area (Å²) in [6.07, 6.45) is 0.475. The van der Waals surface area contributed by atoms with Gasteiger partial charge in [0.15, 0.2) is 11.5 Å². The molecular weight excluding hydrogens is 326 g/mol. The Balaban J connectivity index is 1.89. The number of nitrogens with two attached hydrogens (primary N) is 1. The van der Waals surface area contributed by atoms with E-state index in [1.807, 2.05) is 42.5 Å². The van der Waals surface area contributed by atoms with Crippen LogP contribution in [-0.4, -0.2) is 30.4 Å². The standard InChI is InChI=1S/C18H16ClN3O2/c1-22-16(23)18(21-17(22)20)7-8-24-15-6-5-12(10-14(15)18)11-3-2-4-13(19)9-11/h2-6,9-10H,7-8H2,1H3,(H2,20,21). The Kier molecular flexibility index (Phi) is 3.28. The van der Waals surface area contributed by atoms with Crippen LogP contribution in [0, 0.1) is 0 Å². The van der Waals surface area contributed by atoms with Gasteiger partial charge in [0, 0.05) is 24.1 Å². The minimum atomic E-state index is -0.985. The van der Waals surface area contributed by atoms with E-state index in [1.54, 1.807) is 7.05 Å². The summed E-state index contributed by atoms with van der Waals surface area (Å²) in [5.41, 5.74) is 7.59. The maximum absolute atomic E-state index is 12.8. The highest BCUT2D eigenvalue weighted by atomic mass is 35.5. The van der Waals surface area contributed by atoms with Gasteiger partial charge >= 0.3 is 0 Å². The summed E-state index contributed by atoms with van der Waals surface area (Å²) >= 11 is 6.10. The third kappa shape index (κ3) is 2.08. The van der Waals surface area contributed by atoms with Gasteiger partial charge < -0.3 is 10.5 Å². The molecule has 0 saturated carbocycles. The molecule has 6 heteroatoms. The van der Waals surface area contributed by atoms with Gasteiger partial charge in [-0.1, -0.05) is 29.8 Å². The van der Waals surface area contributed by atoms with E-state index in [0.29, 0.717) is 23.8 Å². The molecule has 122 valence electrons. The molecule has 2 aliphatic heterocycles. The number of likely N-dealkylation sites (N-methyl/N-ethyl adjacent to an activating group) is 1. The number of halogens is 1. The van der Waals surface area contributed by atoms with E-state index in [4.69, 9.17) is 22.1 Å². The smallest absolute Gasteiger partial charge is 0.261 e. The second kappa shape index (κ2) is 5.24. The molecule has 0 bridgehead atoms. The second-order valence-corrected chi connectivity index (χ2v) is 6.45. The van der Waals surface area contributed by atoms with E-state index in [2.05, 4.69) is 4.99 Å². The fraction of sp³-hybridized carbons (Fsp3) is 0.222. The molecule has 0 radical (unpaired) electrons. The zero-order valence-corrected chi connectivity index (χ0v) is 13.9. The number of hydrogen-bond acceptors (Lipinski definition) is 4. The molecular formula is C18H16ClN3O2. The summed E-state index contributed by atoms with van der Waals surface area (Å²) in [5, 5.41) is 0.662. The van der Waals surface area contributed by atoms with Gasteiger partial charge in [0.05, 0.1) is 6.61 Å². The molecule has 0 aliphatic carbocycles. The highest BCUT2D eigenvalue weighted by Gasteiger charge is 2.51. The van der Waals surface area contributed by atoms with Gasteiger partial charge in [0.1, 0.15) is 5.75 Å². The van der Waals surface area contributed by atoms with Crippen molar-refractivity contribution >= 4 is 23.5 Å². The van der Waals surface area contributed by atoms with Crippen LogP contribution >= 0.6 is 11.6 Å². The molecule has 2 aliphatic rings. The number of amides is 1. The summed E-state index contributed by atoms with van der Waals surface area (Å²) in [7, 11) is 1.64. The largest absolute Gasteiger partial charge is 0.493 e. The van der Waals surface area contributed by atoms with Gasteiger partial charge in [-0.3, -0.25) is 9.69 Å². The Morgan fingerprint density at radius 1 is 1.25 bits per heavy atom. The Hall–Kier alpha value is -2.53. The number of fused-ring (bicyclic) bond motifs is 2. The molecule has 0 saturated heterocycles. The van der Waals surface area contributed by atoms with Gasteiger partial charge in [-0.2, -0.15) is 0 Å². The number of carbonyl (C=O) groups is 1. The van der Waals surface area contributed by atoms with Crippen molar-refractivity contribution < 1.29 is 9.53 Å². The van der Waals surface area contributed by atoms with Crippen LogP contribution < -0.4 is 10.5 Å². The quantitative estimate of drug-likeness (QED) is 0.867. The predicted octanol–water partition coefficient (Wildman–Crippen LogP) is 2.77. The first-order chi connectivity index (χ1) is 11.5. The first-order valence-corrected chi connectivity index (χ1v) is 8.06. The van der Waals surface area contributed by atoms with Crippen molar-refractivity contribution in [3.8, 4) is 16.9 Å². The van der Waals surface area contributed by atoms with Crippen molar-refractivity contribution in [2.24, 2.45) is 10.7 Å². The number of ether oxygens (including phenoxy) is 1. The highest BCUT2D eigenvalue weighted by molar-refractivity contribution is 6.30. The predicted molar refractivity (Wildman–Crippen MR) is 93.1 cm³/mol. The monoisotopic (exact) mass is 341 g/mol. The number of benzene rings is 2. The molecule has 1 amide bonds. The number of aliphatic imine (C=N–C) groups is 1. The molecule has 1 atom stereocenters. The van der Waals surface area contributed by atoms with E-state index >= 15 is 0 Å². The minimum Gasteiger partial charge on any atom is -0.493 e. The van der Waals surface area contributed by atoms with E-state index < -0.39 is 5.54 Å². The lowest BCUT2D eigenvalue weighted by molar-refractivity contribution is -0.131. The molecule has 4 rings (SSSR count). The average Bonchev–Trinajstić information content (AvgIpc) is 2.80. The molecule has 24 heavy (non-hydrogen) atoms. The van der Waals surface area contributed by atoms with Crippen LogP contribution in [0.1, 0.15) is 12.0 Å². The molecule has 5 nitrogen and oxygen atoms in total. The summed E-state index contributed by atoms with van der Waals surface area (Å²) < 4.78 is 5.74. The number of carbonyl (C=O) groups excluding carboxylic acids is 1.